The number of sulfonamides is 1. The van der Waals surface area contributed by atoms with Crippen molar-refractivity contribution in [3.63, 3.8) is 0 Å². The quantitative estimate of drug-likeness (QED) is 0.765. The molecule has 1 aromatic heterocycles. The molecule has 1 fully saturated rings. The number of aryl methyl sites for hydroxylation is 2. The second kappa shape index (κ2) is 6.81. The molecule has 0 spiro atoms. The normalized spacial score (nSPS) is 21.4. The third-order valence-corrected chi connectivity index (χ3v) is 6.24. The highest BCUT2D eigenvalue weighted by atomic mass is 32.2. The van der Waals surface area contributed by atoms with Gasteiger partial charge in [-0.05, 0) is 44.5 Å². The zero-order valence-electron chi connectivity index (χ0n) is 13.9. The number of rotatable bonds is 4. The van der Waals surface area contributed by atoms with Crippen molar-refractivity contribution < 1.29 is 17.2 Å². The number of aromatic amines is 1. The molecular weight excluding hydrogens is 350 g/mol. The summed E-state index contributed by atoms with van der Waals surface area (Å²) < 4.78 is 55.0. The Kier molecular flexibility index (Phi) is 4.90. The van der Waals surface area contributed by atoms with Gasteiger partial charge >= 0.3 is 0 Å². The molecule has 0 aliphatic carbocycles. The first-order chi connectivity index (χ1) is 11.8. The molecule has 136 valence electrons. The maximum Gasteiger partial charge on any atom is 0.244 e. The second-order valence-electron chi connectivity index (χ2n) is 6.26. The van der Waals surface area contributed by atoms with Gasteiger partial charge in [0.2, 0.25) is 10.0 Å². The fourth-order valence-electron chi connectivity index (χ4n) is 3.32. The number of piperidine rings is 1. The number of nitrogens with one attached hydrogen (secondary N) is 3. The maximum absolute atomic E-state index is 13.6. The van der Waals surface area contributed by atoms with Gasteiger partial charge in [0, 0.05) is 18.5 Å². The molecule has 1 aliphatic heterocycles. The van der Waals surface area contributed by atoms with Gasteiger partial charge in [-0.15, -0.1) is 0 Å². The lowest BCUT2D eigenvalue weighted by Gasteiger charge is -2.33. The molecule has 1 aromatic carbocycles. The molecule has 25 heavy (non-hydrogen) atoms. The highest BCUT2D eigenvalue weighted by Gasteiger charge is 2.32. The molecule has 0 saturated carbocycles. The minimum Gasteiger partial charge on any atom is -0.315 e. The third-order valence-electron chi connectivity index (χ3n) is 4.49. The summed E-state index contributed by atoms with van der Waals surface area (Å²) in [6.07, 6.45) is 0.613. The van der Waals surface area contributed by atoms with E-state index in [1.807, 2.05) is 0 Å². The van der Waals surface area contributed by atoms with Gasteiger partial charge in [0.25, 0.3) is 0 Å². The topological polar surface area (TPSA) is 86.9 Å². The third kappa shape index (κ3) is 3.58. The van der Waals surface area contributed by atoms with Gasteiger partial charge in [0.05, 0.1) is 11.4 Å². The van der Waals surface area contributed by atoms with Gasteiger partial charge in [-0.2, -0.15) is 5.10 Å². The van der Waals surface area contributed by atoms with E-state index < -0.39 is 27.7 Å². The van der Waals surface area contributed by atoms with Crippen LogP contribution in [0.25, 0.3) is 0 Å². The monoisotopic (exact) mass is 370 g/mol. The van der Waals surface area contributed by atoms with Crippen LogP contribution in [-0.2, 0) is 10.0 Å². The summed E-state index contributed by atoms with van der Waals surface area (Å²) in [5, 5.41) is 9.72. The minimum absolute atomic E-state index is 0.127. The summed E-state index contributed by atoms with van der Waals surface area (Å²) in [7, 11) is -3.79. The zero-order valence-corrected chi connectivity index (χ0v) is 14.8. The van der Waals surface area contributed by atoms with Crippen LogP contribution in [0.15, 0.2) is 23.1 Å². The Morgan fingerprint density at radius 3 is 2.64 bits per heavy atom. The predicted octanol–water partition coefficient (Wildman–Crippen LogP) is 1.73. The van der Waals surface area contributed by atoms with Crippen molar-refractivity contribution in [2.45, 2.75) is 37.1 Å². The first kappa shape index (κ1) is 18.0. The van der Waals surface area contributed by atoms with Gasteiger partial charge in [0.1, 0.15) is 4.90 Å². The smallest absolute Gasteiger partial charge is 0.244 e. The predicted molar refractivity (Wildman–Crippen MR) is 88.8 cm³/mol. The van der Waals surface area contributed by atoms with Crippen LogP contribution in [0.2, 0.25) is 0 Å². The molecule has 3 N–H and O–H groups in total. The Bertz CT molecular complexity index is 863. The molecule has 0 radical (unpaired) electrons. The van der Waals surface area contributed by atoms with E-state index in [2.05, 4.69) is 20.2 Å². The van der Waals surface area contributed by atoms with Crippen molar-refractivity contribution in [1.82, 2.24) is 20.2 Å². The van der Waals surface area contributed by atoms with Crippen LogP contribution in [0.3, 0.4) is 0 Å². The lowest BCUT2D eigenvalue weighted by atomic mass is 9.86. The summed E-state index contributed by atoms with van der Waals surface area (Å²) in [6.45, 7) is 4.33. The van der Waals surface area contributed by atoms with E-state index in [-0.39, 0.29) is 10.8 Å². The highest BCUT2D eigenvalue weighted by Crippen LogP contribution is 2.28. The second-order valence-corrected chi connectivity index (χ2v) is 7.91. The van der Waals surface area contributed by atoms with Gasteiger partial charge in [-0.1, -0.05) is 6.07 Å². The van der Waals surface area contributed by atoms with Crippen LogP contribution < -0.4 is 10.0 Å². The molecular formula is C16H20F2N4O2S. The molecule has 2 atom stereocenters. The Morgan fingerprint density at radius 1 is 1.24 bits per heavy atom. The van der Waals surface area contributed by atoms with Crippen molar-refractivity contribution in [3.8, 4) is 0 Å². The lowest BCUT2D eigenvalue weighted by Crippen LogP contribution is -2.50. The SMILES string of the molecule is Cc1n[nH]c(C)c1S(=O)(=O)NC1CNCCC1c1ccc(F)c(F)c1. The van der Waals surface area contributed by atoms with E-state index in [0.717, 1.165) is 12.1 Å². The van der Waals surface area contributed by atoms with Crippen LogP contribution >= 0.6 is 0 Å². The molecule has 9 heteroatoms. The first-order valence-corrected chi connectivity index (χ1v) is 9.47. The largest absolute Gasteiger partial charge is 0.315 e. The van der Waals surface area contributed by atoms with E-state index in [1.54, 1.807) is 13.8 Å². The fraction of sp³-hybridized carbons (Fsp3) is 0.438. The summed E-state index contributed by atoms with van der Waals surface area (Å²) in [6, 6.07) is 3.24. The molecule has 6 nitrogen and oxygen atoms in total. The van der Waals surface area contributed by atoms with Crippen LogP contribution in [0.5, 0.6) is 0 Å². The van der Waals surface area contributed by atoms with Crippen molar-refractivity contribution in [1.29, 1.82) is 0 Å². The van der Waals surface area contributed by atoms with Crippen molar-refractivity contribution in [3.05, 3.63) is 46.8 Å². The number of halogens is 2. The van der Waals surface area contributed by atoms with Crippen molar-refractivity contribution in [2.75, 3.05) is 13.1 Å². The zero-order chi connectivity index (χ0) is 18.2. The molecule has 2 aromatic rings. The summed E-state index contributed by atoms with van der Waals surface area (Å²) in [4.78, 5) is 0.127. The maximum atomic E-state index is 13.6. The average molecular weight is 370 g/mol. The summed E-state index contributed by atoms with van der Waals surface area (Å²) in [5.41, 5.74) is 1.42. The Balaban J connectivity index is 1.90. The van der Waals surface area contributed by atoms with Crippen LogP contribution in [0.4, 0.5) is 8.78 Å². The molecule has 1 aliphatic rings. The van der Waals surface area contributed by atoms with Gasteiger partial charge in [0.15, 0.2) is 11.6 Å². The molecule has 1 saturated heterocycles. The van der Waals surface area contributed by atoms with Crippen molar-refractivity contribution >= 4 is 10.0 Å². The average Bonchev–Trinajstić information content (AvgIpc) is 2.90. The number of H-pyrrole nitrogens is 1. The molecule has 2 unspecified atom stereocenters. The minimum atomic E-state index is -3.79. The van der Waals surface area contributed by atoms with E-state index >= 15 is 0 Å². The van der Waals surface area contributed by atoms with E-state index in [0.29, 0.717) is 36.5 Å². The van der Waals surface area contributed by atoms with Crippen LogP contribution in [-0.4, -0.2) is 37.7 Å². The summed E-state index contributed by atoms with van der Waals surface area (Å²) >= 11 is 0. The molecule has 3 rings (SSSR count). The Morgan fingerprint density at radius 2 is 2.00 bits per heavy atom. The molecule has 0 amide bonds. The van der Waals surface area contributed by atoms with E-state index in [1.165, 1.54) is 6.07 Å². The van der Waals surface area contributed by atoms with E-state index in [9.17, 15) is 17.2 Å². The van der Waals surface area contributed by atoms with Crippen LogP contribution in [0, 0.1) is 25.5 Å². The van der Waals surface area contributed by atoms with E-state index in [4.69, 9.17) is 0 Å². The van der Waals surface area contributed by atoms with Gasteiger partial charge in [-0.3, -0.25) is 5.10 Å². The standard InChI is InChI=1S/C16H20F2N4O2S/c1-9-16(10(2)21-20-9)25(23,24)22-15-8-19-6-5-12(15)11-3-4-13(17)14(18)7-11/h3-4,7,12,15,19,22H,5-6,8H2,1-2H3,(H,20,21). The van der Waals surface area contributed by atoms with Crippen molar-refractivity contribution in [2.24, 2.45) is 0 Å². The van der Waals surface area contributed by atoms with Gasteiger partial charge < -0.3 is 5.32 Å². The lowest BCUT2D eigenvalue weighted by molar-refractivity contribution is 0.376. The highest BCUT2D eigenvalue weighted by molar-refractivity contribution is 7.89. The molecule has 0 bridgehead atoms. The number of hydrogen-bond donors (Lipinski definition) is 3. The number of aromatic nitrogens is 2. The Hall–Kier alpha value is -1.84. The number of nitrogens with zero attached hydrogens (tertiary/aromatic N) is 1. The number of hydrogen-bond acceptors (Lipinski definition) is 4. The number of benzene rings is 1. The van der Waals surface area contributed by atoms with Crippen LogP contribution in [0.1, 0.15) is 29.3 Å². The summed E-state index contributed by atoms with van der Waals surface area (Å²) in [5.74, 6) is -2.10. The Labute approximate surface area is 145 Å². The fourth-order valence-corrected chi connectivity index (χ4v) is 4.97. The first-order valence-electron chi connectivity index (χ1n) is 7.99. The van der Waals surface area contributed by atoms with Gasteiger partial charge in [-0.25, -0.2) is 21.9 Å². The molecule has 2 heterocycles.